The summed E-state index contributed by atoms with van der Waals surface area (Å²) in [7, 11) is 0. The number of urea groups is 1. The smallest absolute Gasteiger partial charge is 0.404 e. The van der Waals surface area contributed by atoms with Crippen molar-refractivity contribution in [3.63, 3.8) is 0 Å². The summed E-state index contributed by atoms with van der Waals surface area (Å²) in [5.74, 6) is -1.31. The van der Waals surface area contributed by atoms with E-state index >= 15 is 0 Å². The number of carboxylic acid groups (broad SMARTS) is 1. The minimum atomic E-state index is -1.18. The quantitative estimate of drug-likeness (QED) is 0.159. The first-order valence-corrected chi connectivity index (χ1v) is 11.9. The van der Waals surface area contributed by atoms with Gasteiger partial charge >= 0.3 is 12.1 Å². The van der Waals surface area contributed by atoms with Gasteiger partial charge in [-0.1, -0.05) is 6.07 Å². The predicted octanol–water partition coefficient (Wildman–Crippen LogP) is 5.10. The zero-order valence-corrected chi connectivity index (χ0v) is 21.0. The lowest BCUT2D eigenvalue weighted by Crippen LogP contribution is -2.33. The highest BCUT2D eigenvalue weighted by molar-refractivity contribution is 6.00. The van der Waals surface area contributed by atoms with E-state index in [9.17, 15) is 23.2 Å². The van der Waals surface area contributed by atoms with Crippen LogP contribution in [-0.4, -0.2) is 46.2 Å². The molecule has 13 heteroatoms. The second-order valence-electron chi connectivity index (χ2n) is 8.47. The maximum atomic E-state index is 14.7. The number of aromatic nitrogens is 2. The highest BCUT2D eigenvalue weighted by atomic mass is 19.1. The molecule has 4 rings (SSSR count). The average molecular weight is 551 g/mol. The van der Waals surface area contributed by atoms with Crippen LogP contribution in [0.25, 0.3) is 11.4 Å². The molecule has 6 N–H and O–H groups in total. The fourth-order valence-electron chi connectivity index (χ4n) is 3.55. The molecular weight excluding hydrogens is 526 g/mol. The molecular formula is C27H24F2N6O5. The van der Waals surface area contributed by atoms with Crippen molar-refractivity contribution in [1.29, 1.82) is 0 Å². The third kappa shape index (κ3) is 7.31. The summed E-state index contributed by atoms with van der Waals surface area (Å²) in [6.45, 7) is 1.93. The summed E-state index contributed by atoms with van der Waals surface area (Å²) >= 11 is 0. The van der Waals surface area contributed by atoms with Crippen molar-refractivity contribution < 1.29 is 33.0 Å². The molecule has 0 aliphatic rings. The third-order valence-electron chi connectivity index (χ3n) is 5.43. The van der Waals surface area contributed by atoms with Crippen LogP contribution in [0.4, 0.5) is 29.7 Å². The van der Waals surface area contributed by atoms with E-state index in [4.69, 9.17) is 9.84 Å². The van der Waals surface area contributed by atoms with E-state index in [2.05, 4.69) is 31.2 Å². The van der Waals surface area contributed by atoms with Gasteiger partial charge in [0.15, 0.2) is 0 Å². The van der Waals surface area contributed by atoms with Crippen LogP contribution in [-0.2, 0) is 0 Å². The zero-order chi connectivity index (χ0) is 28.6. The number of amides is 4. The second kappa shape index (κ2) is 12.4. The molecule has 2 heterocycles. The maximum Gasteiger partial charge on any atom is 0.404 e. The lowest BCUT2D eigenvalue weighted by molar-refractivity contribution is 0.0953. The number of hydrogen-bond acceptors (Lipinski definition) is 5. The van der Waals surface area contributed by atoms with Crippen LogP contribution in [0, 0.1) is 18.6 Å². The molecule has 2 aromatic carbocycles. The Labute approximate surface area is 226 Å². The van der Waals surface area contributed by atoms with Crippen LogP contribution >= 0.6 is 0 Å². The summed E-state index contributed by atoms with van der Waals surface area (Å²) in [5.41, 5.74) is 1.86. The number of nitrogens with zero attached hydrogens (tertiary/aromatic N) is 1. The maximum absolute atomic E-state index is 14.7. The van der Waals surface area contributed by atoms with Crippen molar-refractivity contribution in [2.75, 3.05) is 23.7 Å². The number of H-pyrrole nitrogens is 1. The van der Waals surface area contributed by atoms with Crippen LogP contribution in [0.2, 0.25) is 0 Å². The summed E-state index contributed by atoms with van der Waals surface area (Å²) < 4.78 is 34.3. The average Bonchev–Trinajstić information content (AvgIpc) is 3.41. The number of aromatic amines is 1. The molecule has 206 valence electrons. The van der Waals surface area contributed by atoms with Crippen LogP contribution in [0.3, 0.4) is 0 Å². The molecule has 0 unspecified atom stereocenters. The van der Waals surface area contributed by atoms with Gasteiger partial charge in [-0.2, -0.15) is 0 Å². The minimum Gasteiger partial charge on any atom is -0.465 e. The molecule has 0 bridgehead atoms. The number of aryl methyl sites for hydroxylation is 1. The van der Waals surface area contributed by atoms with E-state index in [1.807, 2.05) is 0 Å². The molecule has 0 fully saturated rings. The predicted molar refractivity (Wildman–Crippen MR) is 143 cm³/mol. The zero-order valence-electron chi connectivity index (χ0n) is 21.0. The van der Waals surface area contributed by atoms with Gasteiger partial charge < -0.3 is 36.1 Å². The van der Waals surface area contributed by atoms with E-state index in [1.54, 1.807) is 31.2 Å². The lowest BCUT2D eigenvalue weighted by atomic mass is 10.2. The molecule has 0 spiro atoms. The fraction of sp³-hybridized carbons (Fsp3) is 0.111. The van der Waals surface area contributed by atoms with Crippen LogP contribution in [0.1, 0.15) is 15.9 Å². The first-order valence-electron chi connectivity index (χ1n) is 11.9. The Morgan fingerprint density at radius 3 is 2.42 bits per heavy atom. The van der Waals surface area contributed by atoms with Crippen LogP contribution in [0.5, 0.6) is 11.5 Å². The molecule has 0 saturated heterocycles. The van der Waals surface area contributed by atoms with Gasteiger partial charge in [-0.3, -0.25) is 9.78 Å². The topological polar surface area (TPSA) is 157 Å². The first-order chi connectivity index (χ1) is 19.2. The molecule has 0 aliphatic heterocycles. The fourth-order valence-corrected chi connectivity index (χ4v) is 3.55. The van der Waals surface area contributed by atoms with E-state index in [0.29, 0.717) is 22.7 Å². The molecule has 40 heavy (non-hydrogen) atoms. The van der Waals surface area contributed by atoms with Crippen molar-refractivity contribution in [2.24, 2.45) is 0 Å². The number of benzene rings is 2. The molecule has 0 radical (unpaired) electrons. The van der Waals surface area contributed by atoms with E-state index in [0.717, 1.165) is 11.6 Å². The van der Waals surface area contributed by atoms with Gasteiger partial charge in [0.05, 0.1) is 28.3 Å². The number of anilines is 2. The Hall–Kier alpha value is -5.46. The minimum absolute atomic E-state index is 0.0331. The summed E-state index contributed by atoms with van der Waals surface area (Å²) in [6, 6.07) is 12.0. The summed E-state index contributed by atoms with van der Waals surface area (Å²) in [4.78, 5) is 42.2. The SMILES string of the molecule is Cc1ccc(F)c(NC(=O)Nc2ccc(Oc3ccnc(-c4cc(C(=O)NCCNC(=O)O)c[nH]4)c3)cc2F)c1. The van der Waals surface area contributed by atoms with Gasteiger partial charge in [0.1, 0.15) is 23.1 Å². The van der Waals surface area contributed by atoms with Gasteiger partial charge in [-0.05, 0) is 48.9 Å². The van der Waals surface area contributed by atoms with Gasteiger partial charge in [0.25, 0.3) is 5.91 Å². The highest BCUT2D eigenvalue weighted by Crippen LogP contribution is 2.28. The number of carbonyl (C=O) groups excluding carboxylic acids is 2. The number of rotatable bonds is 9. The summed E-state index contributed by atoms with van der Waals surface area (Å²) in [6.07, 6.45) is 1.78. The Morgan fingerprint density at radius 2 is 1.65 bits per heavy atom. The number of ether oxygens (including phenoxy) is 1. The van der Waals surface area contributed by atoms with Crippen molar-refractivity contribution in [1.82, 2.24) is 20.6 Å². The van der Waals surface area contributed by atoms with Gasteiger partial charge in [0.2, 0.25) is 0 Å². The van der Waals surface area contributed by atoms with Crippen LogP contribution in [0.15, 0.2) is 67.0 Å². The standard InChI is InChI=1S/C27H24F2N6O5/c1-15-2-4-19(28)22(10-15)35-26(37)34-21-5-3-17(12-20(21)29)40-18-6-7-30-24(13-18)23-11-16(14-33-23)25(36)31-8-9-32-27(38)39/h2-7,10-14,32-33H,8-9H2,1H3,(H,31,36)(H,38,39)(H2,34,35,37). The van der Waals surface area contributed by atoms with Crippen molar-refractivity contribution >= 4 is 29.4 Å². The molecule has 0 aliphatic carbocycles. The number of hydrogen-bond donors (Lipinski definition) is 6. The van der Waals surface area contributed by atoms with E-state index < -0.39 is 29.7 Å². The molecule has 11 nitrogen and oxygen atoms in total. The van der Waals surface area contributed by atoms with Crippen LogP contribution < -0.4 is 26.0 Å². The Balaban J connectivity index is 1.37. The number of nitrogens with one attached hydrogen (secondary N) is 5. The third-order valence-corrected chi connectivity index (χ3v) is 5.43. The van der Waals surface area contributed by atoms with Gasteiger partial charge in [-0.15, -0.1) is 0 Å². The van der Waals surface area contributed by atoms with Crippen molar-refractivity contribution in [2.45, 2.75) is 6.92 Å². The Kier molecular flexibility index (Phi) is 8.54. The van der Waals surface area contributed by atoms with Gasteiger partial charge in [-0.25, -0.2) is 18.4 Å². The number of carbonyl (C=O) groups is 3. The molecule has 4 aromatic rings. The monoisotopic (exact) mass is 550 g/mol. The summed E-state index contributed by atoms with van der Waals surface area (Å²) in [5, 5.41) is 18.0. The molecule has 4 amide bonds. The largest absolute Gasteiger partial charge is 0.465 e. The number of halogens is 2. The highest BCUT2D eigenvalue weighted by Gasteiger charge is 2.13. The number of pyridine rings is 1. The normalized spacial score (nSPS) is 10.5. The van der Waals surface area contributed by atoms with Crippen molar-refractivity contribution in [3.8, 4) is 22.9 Å². The first kappa shape index (κ1) is 27.6. The Bertz CT molecular complexity index is 1560. The van der Waals surface area contributed by atoms with E-state index in [-0.39, 0.29) is 30.2 Å². The van der Waals surface area contributed by atoms with Crippen molar-refractivity contribution in [3.05, 3.63) is 89.8 Å². The molecule has 0 saturated carbocycles. The molecule has 0 atom stereocenters. The second-order valence-corrected chi connectivity index (χ2v) is 8.47. The van der Waals surface area contributed by atoms with Gasteiger partial charge in [0, 0.05) is 37.6 Å². The molecule has 2 aromatic heterocycles. The van der Waals surface area contributed by atoms with E-state index in [1.165, 1.54) is 36.7 Å². The Morgan fingerprint density at radius 1 is 0.900 bits per heavy atom. The lowest BCUT2D eigenvalue weighted by Gasteiger charge is -2.11.